The van der Waals surface area contributed by atoms with Crippen molar-refractivity contribution < 1.29 is 4.79 Å². The molecule has 3 heteroatoms. The topological polar surface area (TPSA) is 23.6 Å². The van der Waals surface area contributed by atoms with E-state index in [2.05, 4.69) is 30.9 Å². The molecule has 1 fully saturated rings. The highest BCUT2D eigenvalue weighted by atomic mass is 16.2. The van der Waals surface area contributed by atoms with Crippen LogP contribution in [-0.4, -0.2) is 41.9 Å². The minimum absolute atomic E-state index is 0.254. The monoisotopic (exact) mass is 288 g/mol. The van der Waals surface area contributed by atoms with Gasteiger partial charge in [0.2, 0.25) is 5.91 Å². The molecule has 1 amide bonds. The number of amides is 1. The molecule has 0 aliphatic carbocycles. The Bertz CT molecular complexity index is 466. The molecule has 1 saturated heterocycles. The molecule has 0 aromatic heterocycles. The lowest BCUT2D eigenvalue weighted by atomic mass is 10.1. The zero-order valence-corrected chi connectivity index (χ0v) is 13.6. The Hall–Kier alpha value is -1.35. The van der Waals surface area contributed by atoms with Crippen LogP contribution in [0.25, 0.3) is 0 Å². The van der Waals surface area contributed by atoms with E-state index in [9.17, 15) is 4.79 Å². The predicted molar refractivity (Wildman–Crippen MR) is 87.2 cm³/mol. The quantitative estimate of drug-likeness (QED) is 0.802. The molecule has 0 unspecified atom stereocenters. The summed E-state index contributed by atoms with van der Waals surface area (Å²) in [7, 11) is 1.91. The maximum atomic E-state index is 12.3. The van der Waals surface area contributed by atoms with Gasteiger partial charge < -0.3 is 9.80 Å². The highest BCUT2D eigenvalue weighted by Crippen LogP contribution is 2.16. The molecule has 1 aromatic rings. The Kier molecular flexibility index (Phi) is 5.80. The van der Waals surface area contributed by atoms with Crippen LogP contribution in [0.3, 0.4) is 0 Å². The van der Waals surface area contributed by atoms with E-state index in [4.69, 9.17) is 0 Å². The summed E-state index contributed by atoms with van der Waals surface area (Å²) < 4.78 is 0. The van der Waals surface area contributed by atoms with Crippen LogP contribution in [-0.2, 0) is 11.3 Å². The highest BCUT2D eigenvalue weighted by molar-refractivity contribution is 5.75. The third-order valence-corrected chi connectivity index (χ3v) is 4.63. The molecule has 0 saturated carbocycles. The van der Waals surface area contributed by atoms with E-state index in [1.165, 1.54) is 37.1 Å². The molecule has 0 bridgehead atoms. The van der Waals surface area contributed by atoms with Crippen LogP contribution < -0.4 is 0 Å². The molecule has 0 spiro atoms. The lowest BCUT2D eigenvalue weighted by Crippen LogP contribution is -2.32. The van der Waals surface area contributed by atoms with E-state index < -0.39 is 0 Å². The summed E-state index contributed by atoms with van der Waals surface area (Å²) in [6, 6.07) is 8.81. The molecular weight excluding hydrogens is 260 g/mol. The lowest BCUT2D eigenvalue weighted by molar-refractivity contribution is -0.130. The molecule has 1 aromatic carbocycles. The van der Waals surface area contributed by atoms with Crippen molar-refractivity contribution in [1.82, 2.24) is 9.80 Å². The molecule has 1 heterocycles. The maximum absolute atomic E-state index is 12.3. The van der Waals surface area contributed by atoms with Crippen molar-refractivity contribution in [3.8, 4) is 0 Å². The fourth-order valence-corrected chi connectivity index (χ4v) is 3.02. The average molecular weight is 288 g/mol. The fraction of sp³-hybridized carbons (Fsp3) is 0.611. The highest BCUT2D eigenvalue weighted by Gasteiger charge is 2.19. The molecule has 1 atom stereocenters. The Labute approximate surface area is 128 Å². The van der Waals surface area contributed by atoms with E-state index in [-0.39, 0.29) is 5.91 Å². The molecule has 1 aliphatic rings. The number of hydrogen-bond acceptors (Lipinski definition) is 2. The summed E-state index contributed by atoms with van der Waals surface area (Å²) >= 11 is 0. The third kappa shape index (κ3) is 4.57. The Balaban J connectivity index is 1.78. The van der Waals surface area contributed by atoms with Crippen LogP contribution in [0.2, 0.25) is 0 Å². The van der Waals surface area contributed by atoms with Gasteiger partial charge in [-0.2, -0.15) is 0 Å². The smallest absolute Gasteiger partial charge is 0.222 e. The number of nitrogens with zero attached hydrogens (tertiary/aromatic N) is 2. The van der Waals surface area contributed by atoms with Gasteiger partial charge in [0.1, 0.15) is 0 Å². The second-order valence-electron chi connectivity index (χ2n) is 6.31. The summed E-state index contributed by atoms with van der Waals surface area (Å²) in [6.45, 7) is 7.47. The zero-order chi connectivity index (χ0) is 15.2. The van der Waals surface area contributed by atoms with Gasteiger partial charge >= 0.3 is 0 Å². The number of benzene rings is 1. The fourth-order valence-electron chi connectivity index (χ4n) is 3.02. The summed E-state index contributed by atoms with van der Waals surface area (Å²) in [5.74, 6) is 0.254. The molecule has 3 nitrogen and oxygen atoms in total. The van der Waals surface area contributed by atoms with E-state index >= 15 is 0 Å². The minimum Gasteiger partial charge on any atom is -0.341 e. The SMILES string of the molecule is Cc1ccccc1CN(C)C(=O)CC[C@H](C)N1CCCC1. The van der Waals surface area contributed by atoms with Crippen molar-refractivity contribution in [2.24, 2.45) is 0 Å². The first kappa shape index (κ1) is 16.0. The van der Waals surface area contributed by atoms with Crippen molar-refractivity contribution in [2.45, 2.75) is 52.1 Å². The van der Waals surface area contributed by atoms with Gasteiger partial charge in [-0.25, -0.2) is 0 Å². The van der Waals surface area contributed by atoms with E-state index in [0.717, 1.165) is 6.42 Å². The summed E-state index contributed by atoms with van der Waals surface area (Å²) in [4.78, 5) is 16.7. The number of aryl methyl sites for hydroxylation is 1. The van der Waals surface area contributed by atoms with E-state index in [1.54, 1.807) is 0 Å². The second-order valence-corrected chi connectivity index (χ2v) is 6.31. The van der Waals surface area contributed by atoms with Gasteiger partial charge in [0.05, 0.1) is 0 Å². The van der Waals surface area contributed by atoms with Crippen molar-refractivity contribution in [2.75, 3.05) is 20.1 Å². The Morgan fingerprint density at radius 1 is 1.29 bits per heavy atom. The van der Waals surface area contributed by atoms with Gasteiger partial charge in [0, 0.05) is 26.1 Å². The largest absolute Gasteiger partial charge is 0.341 e. The Morgan fingerprint density at radius 3 is 2.62 bits per heavy atom. The maximum Gasteiger partial charge on any atom is 0.222 e. The van der Waals surface area contributed by atoms with Gasteiger partial charge in [-0.1, -0.05) is 24.3 Å². The number of hydrogen-bond donors (Lipinski definition) is 0. The normalized spacial score (nSPS) is 16.9. The van der Waals surface area contributed by atoms with Gasteiger partial charge in [-0.3, -0.25) is 4.79 Å². The number of likely N-dealkylation sites (tertiary alicyclic amines) is 1. The molecule has 116 valence electrons. The van der Waals surface area contributed by atoms with Crippen LogP contribution in [0.4, 0.5) is 0 Å². The zero-order valence-electron chi connectivity index (χ0n) is 13.6. The number of carbonyl (C=O) groups excluding carboxylic acids is 1. The van der Waals surface area contributed by atoms with Crippen LogP contribution >= 0.6 is 0 Å². The van der Waals surface area contributed by atoms with E-state index in [1.807, 2.05) is 24.1 Å². The average Bonchev–Trinajstić information content (AvgIpc) is 3.01. The van der Waals surface area contributed by atoms with Gasteiger partial charge in [-0.05, 0) is 57.3 Å². The third-order valence-electron chi connectivity index (χ3n) is 4.63. The van der Waals surface area contributed by atoms with Crippen LogP contribution in [0.1, 0.15) is 43.7 Å². The molecule has 1 aliphatic heterocycles. The standard InChI is InChI=1S/C18H28N2O/c1-15-8-4-5-9-17(15)14-19(3)18(21)11-10-16(2)20-12-6-7-13-20/h4-5,8-9,16H,6-7,10-14H2,1-3H3/t16-/m0/s1. The number of rotatable bonds is 6. The summed E-state index contributed by atoms with van der Waals surface area (Å²) in [5, 5.41) is 0. The van der Waals surface area contributed by atoms with Gasteiger partial charge in [0.15, 0.2) is 0 Å². The first-order valence-electron chi connectivity index (χ1n) is 8.10. The number of carbonyl (C=O) groups is 1. The lowest BCUT2D eigenvalue weighted by Gasteiger charge is -2.25. The van der Waals surface area contributed by atoms with Gasteiger partial charge in [0.25, 0.3) is 0 Å². The minimum atomic E-state index is 0.254. The molecule has 2 rings (SSSR count). The second kappa shape index (κ2) is 7.60. The van der Waals surface area contributed by atoms with E-state index in [0.29, 0.717) is 19.0 Å². The van der Waals surface area contributed by atoms with Crippen molar-refractivity contribution >= 4 is 5.91 Å². The van der Waals surface area contributed by atoms with Crippen LogP contribution in [0.15, 0.2) is 24.3 Å². The predicted octanol–water partition coefficient (Wildman–Crippen LogP) is 3.22. The first-order chi connectivity index (χ1) is 10.1. The summed E-state index contributed by atoms with van der Waals surface area (Å²) in [6.07, 6.45) is 4.24. The summed E-state index contributed by atoms with van der Waals surface area (Å²) in [5.41, 5.74) is 2.49. The molecule has 0 radical (unpaired) electrons. The first-order valence-corrected chi connectivity index (χ1v) is 8.10. The van der Waals surface area contributed by atoms with Crippen LogP contribution in [0, 0.1) is 6.92 Å². The van der Waals surface area contributed by atoms with Crippen LogP contribution in [0.5, 0.6) is 0 Å². The molecular formula is C18H28N2O. The molecule has 21 heavy (non-hydrogen) atoms. The van der Waals surface area contributed by atoms with Crippen molar-refractivity contribution in [3.05, 3.63) is 35.4 Å². The molecule has 0 N–H and O–H groups in total. The van der Waals surface area contributed by atoms with Gasteiger partial charge in [-0.15, -0.1) is 0 Å². The van der Waals surface area contributed by atoms with Crippen molar-refractivity contribution in [1.29, 1.82) is 0 Å². The Morgan fingerprint density at radius 2 is 1.95 bits per heavy atom. The van der Waals surface area contributed by atoms with Crippen molar-refractivity contribution in [3.63, 3.8) is 0 Å².